The molecule has 1 N–H and O–H groups in total. The predicted octanol–water partition coefficient (Wildman–Crippen LogP) is 4.29. The maximum atomic E-state index is 13.0. The highest BCUT2D eigenvalue weighted by Crippen LogP contribution is 2.65. The summed E-state index contributed by atoms with van der Waals surface area (Å²) in [5.41, 5.74) is 1.10. The summed E-state index contributed by atoms with van der Waals surface area (Å²) in [5, 5.41) is 0. The molecule has 6 nitrogen and oxygen atoms in total. The van der Waals surface area contributed by atoms with Crippen LogP contribution >= 0.6 is 0 Å². The Hall–Kier alpha value is -0.765. The predicted molar refractivity (Wildman–Crippen MR) is 132 cm³/mol. The second-order valence-electron chi connectivity index (χ2n) is 11.6. The van der Waals surface area contributed by atoms with E-state index >= 15 is 0 Å². The minimum atomic E-state index is -1.23. The molecule has 8 heteroatoms. The lowest BCUT2D eigenvalue weighted by Crippen LogP contribution is -2.65. The molecular formula is C25H40BNO5S. The van der Waals surface area contributed by atoms with E-state index in [4.69, 9.17) is 18.8 Å². The third-order valence-corrected chi connectivity index (χ3v) is 9.74. The Kier molecular flexibility index (Phi) is 7.18. The summed E-state index contributed by atoms with van der Waals surface area (Å²) in [6.07, 6.45) is 3.02. The van der Waals surface area contributed by atoms with Gasteiger partial charge >= 0.3 is 7.12 Å². The summed E-state index contributed by atoms with van der Waals surface area (Å²) < 4.78 is 40.2. The molecule has 0 spiro atoms. The van der Waals surface area contributed by atoms with Crippen LogP contribution in [-0.2, 0) is 32.0 Å². The maximum absolute atomic E-state index is 13.0. The number of ether oxygens (including phenoxy) is 2. The van der Waals surface area contributed by atoms with Crippen LogP contribution in [-0.4, -0.2) is 47.8 Å². The first kappa shape index (κ1) is 25.3. The first-order valence-electron chi connectivity index (χ1n) is 12.2. The molecule has 1 aromatic rings. The van der Waals surface area contributed by atoms with Crippen molar-refractivity contribution in [1.82, 2.24) is 4.72 Å². The molecule has 4 aliphatic rings. The SMILES string of the molecule is COc1ccc(COCC[C@H](N[S@+]([O-])C(C)(C)C)B2O[C@@H]3C[C@@H]4C[C@@H](C4(C)C)[C@]3(C)O2)cc1. The van der Waals surface area contributed by atoms with Crippen LogP contribution < -0.4 is 9.46 Å². The zero-order valence-electron chi connectivity index (χ0n) is 21.2. The fourth-order valence-corrected chi connectivity index (χ4v) is 6.62. The molecule has 6 atom stereocenters. The monoisotopic (exact) mass is 477 g/mol. The second kappa shape index (κ2) is 9.36. The third-order valence-electron chi connectivity index (χ3n) is 8.11. The standard InChI is InChI=1S/C25H40BNO5S/c1-23(2,3)33(28)27-22(12-13-30-16-17-8-10-19(29-7)11-9-17)26-31-21-15-18-14-20(24(18,4)5)25(21,6)32-26/h8-11,18,20-22,27H,12-16H2,1-7H3/t18-,20-,21+,22-,25-,33+/m0/s1. The molecule has 1 heterocycles. The topological polar surface area (TPSA) is 72.0 Å². The van der Waals surface area contributed by atoms with Gasteiger partial charge in [-0.3, -0.25) is 0 Å². The van der Waals surface area contributed by atoms with E-state index in [0.717, 1.165) is 17.7 Å². The van der Waals surface area contributed by atoms with E-state index in [1.807, 2.05) is 45.0 Å². The van der Waals surface area contributed by atoms with Gasteiger partial charge in [0, 0.05) is 18.0 Å². The highest BCUT2D eigenvalue weighted by molar-refractivity contribution is 7.90. The zero-order chi connectivity index (χ0) is 24.0. The summed E-state index contributed by atoms with van der Waals surface area (Å²) >= 11 is -1.23. The summed E-state index contributed by atoms with van der Waals surface area (Å²) in [6.45, 7) is 13.9. The summed E-state index contributed by atoms with van der Waals surface area (Å²) in [6, 6.07) is 7.88. The molecule has 0 aromatic heterocycles. The Morgan fingerprint density at radius 3 is 2.52 bits per heavy atom. The number of hydrogen-bond acceptors (Lipinski definition) is 6. The molecule has 0 unspecified atom stereocenters. The average Bonchev–Trinajstić information content (AvgIpc) is 3.12. The van der Waals surface area contributed by atoms with Crippen LogP contribution in [0.2, 0.25) is 0 Å². The van der Waals surface area contributed by atoms with Gasteiger partial charge in [-0.25, -0.2) is 0 Å². The minimum Gasteiger partial charge on any atom is -0.598 e. The Labute approximate surface area is 202 Å². The molecule has 3 aliphatic carbocycles. The summed E-state index contributed by atoms with van der Waals surface area (Å²) in [7, 11) is 1.24. The van der Waals surface area contributed by atoms with E-state index in [1.54, 1.807) is 7.11 Å². The Morgan fingerprint density at radius 1 is 1.21 bits per heavy atom. The molecule has 2 bridgehead atoms. The molecule has 5 rings (SSSR count). The van der Waals surface area contributed by atoms with Crippen molar-refractivity contribution in [2.24, 2.45) is 17.3 Å². The van der Waals surface area contributed by atoms with E-state index in [9.17, 15) is 4.55 Å². The van der Waals surface area contributed by atoms with Crippen molar-refractivity contribution in [3.63, 3.8) is 0 Å². The molecule has 1 aliphatic heterocycles. The van der Waals surface area contributed by atoms with Gasteiger partial charge in [-0.1, -0.05) is 26.0 Å². The zero-order valence-corrected chi connectivity index (χ0v) is 22.0. The lowest BCUT2D eigenvalue weighted by atomic mass is 9.43. The largest absolute Gasteiger partial charge is 0.598 e. The fraction of sp³-hybridized carbons (Fsp3) is 0.760. The summed E-state index contributed by atoms with van der Waals surface area (Å²) in [5.74, 6) is 1.83. The van der Waals surface area contributed by atoms with Crippen molar-refractivity contribution in [2.45, 2.75) is 89.8 Å². The molecular weight excluding hydrogens is 437 g/mol. The smallest absolute Gasteiger partial charge is 0.480 e. The number of nitrogens with one attached hydrogen (secondary N) is 1. The van der Waals surface area contributed by atoms with Gasteiger partial charge in [0.1, 0.15) is 10.5 Å². The Bertz CT molecular complexity index is 816. The summed E-state index contributed by atoms with van der Waals surface area (Å²) in [4.78, 5) is 0. The molecule has 1 saturated heterocycles. The van der Waals surface area contributed by atoms with Gasteiger partial charge in [0.25, 0.3) is 0 Å². The Balaban J connectivity index is 1.38. The Morgan fingerprint density at radius 2 is 1.91 bits per heavy atom. The van der Waals surface area contributed by atoms with Gasteiger partial charge in [-0.05, 0) is 81.9 Å². The number of methoxy groups -OCH3 is 1. The highest BCUT2D eigenvalue weighted by atomic mass is 32.2. The van der Waals surface area contributed by atoms with Gasteiger partial charge in [0.05, 0.1) is 31.4 Å². The van der Waals surface area contributed by atoms with Crippen LogP contribution in [0.15, 0.2) is 24.3 Å². The van der Waals surface area contributed by atoms with Crippen LogP contribution in [0.25, 0.3) is 0 Å². The maximum Gasteiger partial charge on any atom is 0.480 e. The average molecular weight is 477 g/mol. The molecule has 184 valence electrons. The second-order valence-corrected chi connectivity index (χ2v) is 13.6. The molecule has 0 radical (unpaired) electrons. The minimum absolute atomic E-state index is 0.104. The van der Waals surface area contributed by atoms with E-state index < -0.39 is 18.5 Å². The van der Waals surface area contributed by atoms with Crippen LogP contribution in [0.1, 0.15) is 66.4 Å². The molecule has 33 heavy (non-hydrogen) atoms. The lowest BCUT2D eigenvalue weighted by Gasteiger charge is -2.64. The number of rotatable bonds is 9. The number of benzene rings is 1. The van der Waals surface area contributed by atoms with Crippen LogP contribution in [0, 0.1) is 17.3 Å². The normalized spacial score (nSPS) is 32.1. The third kappa shape index (κ3) is 4.98. The molecule has 3 saturated carbocycles. The quantitative estimate of drug-likeness (QED) is 0.325. The lowest BCUT2D eigenvalue weighted by molar-refractivity contribution is -0.199. The van der Waals surface area contributed by atoms with E-state index in [1.165, 1.54) is 6.42 Å². The van der Waals surface area contributed by atoms with Gasteiger partial charge in [0.2, 0.25) is 0 Å². The van der Waals surface area contributed by atoms with Crippen molar-refractivity contribution in [1.29, 1.82) is 0 Å². The van der Waals surface area contributed by atoms with Gasteiger partial charge in [-0.15, -0.1) is 4.72 Å². The van der Waals surface area contributed by atoms with Crippen LogP contribution in [0.5, 0.6) is 5.75 Å². The highest BCUT2D eigenvalue weighted by Gasteiger charge is 2.68. The van der Waals surface area contributed by atoms with Gasteiger partial charge in [-0.2, -0.15) is 0 Å². The van der Waals surface area contributed by atoms with Crippen LogP contribution in [0.3, 0.4) is 0 Å². The number of hydrogen-bond donors (Lipinski definition) is 1. The van der Waals surface area contributed by atoms with Crippen molar-refractivity contribution < 1.29 is 23.3 Å². The van der Waals surface area contributed by atoms with E-state index in [-0.39, 0.29) is 22.4 Å². The van der Waals surface area contributed by atoms with Crippen molar-refractivity contribution >= 4 is 18.5 Å². The van der Waals surface area contributed by atoms with Crippen molar-refractivity contribution in [3.05, 3.63) is 29.8 Å². The van der Waals surface area contributed by atoms with Gasteiger partial charge in [0.15, 0.2) is 0 Å². The van der Waals surface area contributed by atoms with Crippen molar-refractivity contribution in [2.75, 3.05) is 13.7 Å². The fourth-order valence-electron chi connectivity index (χ4n) is 5.76. The van der Waals surface area contributed by atoms with Gasteiger partial charge < -0.3 is 23.3 Å². The molecule has 1 aromatic carbocycles. The van der Waals surface area contributed by atoms with E-state index in [0.29, 0.717) is 36.9 Å². The van der Waals surface area contributed by atoms with Crippen molar-refractivity contribution in [3.8, 4) is 5.75 Å². The molecule has 0 amide bonds. The first-order chi connectivity index (χ1) is 15.4. The van der Waals surface area contributed by atoms with E-state index in [2.05, 4.69) is 25.5 Å². The first-order valence-corrected chi connectivity index (χ1v) is 13.3. The van der Waals surface area contributed by atoms with Crippen LogP contribution in [0.4, 0.5) is 0 Å². The molecule has 4 fully saturated rings.